The fourth-order valence-corrected chi connectivity index (χ4v) is 4.21. The number of carbonyl (C=O) groups excluding carboxylic acids is 1. The average molecular weight is 278 g/mol. The molecule has 104 valence electrons. The average Bonchev–Trinajstić information content (AvgIpc) is 2.89. The standard InChI is InChI=1S/C15H22N2OS/c1-15(7-3-8-16-10-15)14(18)17-12-4-2-5-13-11(12)6-9-19-13/h6,9,12,16H,2-5,7-8,10H2,1H3,(H,17,18). The molecule has 4 heteroatoms. The number of rotatable bonds is 2. The van der Waals surface area contributed by atoms with Crippen molar-refractivity contribution >= 4 is 17.2 Å². The number of hydrogen-bond donors (Lipinski definition) is 2. The number of nitrogens with one attached hydrogen (secondary N) is 2. The quantitative estimate of drug-likeness (QED) is 0.873. The van der Waals surface area contributed by atoms with E-state index in [1.54, 1.807) is 0 Å². The minimum absolute atomic E-state index is 0.226. The summed E-state index contributed by atoms with van der Waals surface area (Å²) in [6, 6.07) is 2.42. The normalized spacial score (nSPS) is 30.7. The number of hydrogen-bond acceptors (Lipinski definition) is 3. The summed E-state index contributed by atoms with van der Waals surface area (Å²) in [6.45, 7) is 3.94. The van der Waals surface area contributed by atoms with E-state index in [9.17, 15) is 4.79 Å². The number of piperidine rings is 1. The molecule has 0 aromatic carbocycles. The first kappa shape index (κ1) is 13.1. The summed E-state index contributed by atoms with van der Waals surface area (Å²) in [5.74, 6) is 0.226. The predicted octanol–water partition coefficient (Wildman–Crippen LogP) is 2.63. The molecule has 1 fully saturated rings. The fraction of sp³-hybridized carbons (Fsp3) is 0.667. The van der Waals surface area contributed by atoms with Crippen molar-refractivity contribution in [2.75, 3.05) is 13.1 Å². The van der Waals surface area contributed by atoms with Gasteiger partial charge in [0.1, 0.15) is 0 Å². The Morgan fingerprint density at radius 1 is 1.53 bits per heavy atom. The Morgan fingerprint density at radius 2 is 2.42 bits per heavy atom. The van der Waals surface area contributed by atoms with Gasteiger partial charge in [0.25, 0.3) is 0 Å². The third-order valence-corrected chi connectivity index (χ3v) is 5.50. The van der Waals surface area contributed by atoms with Gasteiger partial charge in [0.15, 0.2) is 0 Å². The maximum atomic E-state index is 12.6. The molecule has 3 nitrogen and oxygen atoms in total. The molecule has 0 saturated carbocycles. The smallest absolute Gasteiger partial charge is 0.227 e. The van der Waals surface area contributed by atoms with Crippen molar-refractivity contribution in [3.8, 4) is 0 Å². The molecule has 1 saturated heterocycles. The monoisotopic (exact) mass is 278 g/mol. The minimum atomic E-state index is -0.230. The molecule has 1 aliphatic carbocycles. The van der Waals surface area contributed by atoms with Crippen molar-refractivity contribution in [1.82, 2.24) is 10.6 Å². The summed E-state index contributed by atoms with van der Waals surface area (Å²) < 4.78 is 0. The summed E-state index contributed by atoms with van der Waals surface area (Å²) in [7, 11) is 0. The minimum Gasteiger partial charge on any atom is -0.349 e. The number of carbonyl (C=O) groups is 1. The molecule has 1 aromatic heterocycles. The largest absolute Gasteiger partial charge is 0.349 e. The molecule has 2 N–H and O–H groups in total. The number of amides is 1. The highest BCUT2D eigenvalue weighted by molar-refractivity contribution is 7.10. The molecule has 2 heterocycles. The first-order valence-electron chi connectivity index (χ1n) is 7.27. The third-order valence-electron chi connectivity index (χ3n) is 4.50. The van der Waals surface area contributed by atoms with Crippen molar-refractivity contribution in [2.24, 2.45) is 5.41 Å². The number of thiophene rings is 1. The van der Waals surface area contributed by atoms with Gasteiger partial charge in [-0.1, -0.05) is 0 Å². The topological polar surface area (TPSA) is 41.1 Å². The fourth-order valence-electron chi connectivity index (χ4n) is 3.22. The van der Waals surface area contributed by atoms with Crippen LogP contribution in [-0.2, 0) is 11.2 Å². The van der Waals surface area contributed by atoms with E-state index in [1.807, 2.05) is 11.3 Å². The van der Waals surface area contributed by atoms with Gasteiger partial charge in [-0.25, -0.2) is 0 Å². The summed E-state index contributed by atoms with van der Waals surface area (Å²) in [6.07, 6.45) is 5.54. The lowest BCUT2D eigenvalue weighted by molar-refractivity contribution is -0.132. The highest BCUT2D eigenvalue weighted by atomic mass is 32.1. The lowest BCUT2D eigenvalue weighted by Gasteiger charge is -2.35. The SMILES string of the molecule is CC1(C(=O)NC2CCCc3sccc32)CCCNC1. The van der Waals surface area contributed by atoms with Crippen LogP contribution in [0.2, 0.25) is 0 Å². The van der Waals surface area contributed by atoms with Gasteiger partial charge in [0, 0.05) is 11.4 Å². The number of fused-ring (bicyclic) bond motifs is 1. The first-order valence-corrected chi connectivity index (χ1v) is 8.15. The van der Waals surface area contributed by atoms with E-state index in [-0.39, 0.29) is 17.4 Å². The zero-order valence-electron chi connectivity index (χ0n) is 11.5. The summed E-state index contributed by atoms with van der Waals surface area (Å²) in [5.41, 5.74) is 1.13. The van der Waals surface area contributed by atoms with E-state index in [1.165, 1.54) is 23.3 Å². The van der Waals surface area contributed by atoms with Crippen molar-refractivity contribution in [3.05, 3.63) is 21.9 Å². The summed E-state index contributed by atoms with van der Waals surface area (Å²) >= 11 is 1.83. The first-order chi connectivity index (χ1) is 9.19. The zero-order chi connectivity index (χ0) is 13.3. The van der Waals surface area contributed by atoms with Gasteiger partial charge < -0.3 is 10.6 Å². The lowest BCUT2D eigenvalue weighted by atomic mass is 9.81. The summed E-state index contributed by atoms with van der Waals surface area (Å²) in [4.78, 5) is 14.0. The van der Waals surface area contributed by atoms with Gasteiger partial charge in [0.05, 0.1) is 11.5 Å². The summed E-state index contributed by atoms with van der Waals surface area (Å²) in [5, 5.41) is 8.80. The molecular formula is C15H22N2OS. The predicted molar refractivity (Wildman–Crippen MR) is 78.4 cm³/mol. The van der Waals surface area contributed by atoms with E-state index in [4.69, 9.17) is 0 Å². The maximum absolute atomic E-state index is 12.6. The molecular weight excluding hydrogens is 256 g/mol. The molecule has 1 aromatic rings. The Labute approximate surface area is 118 Å². The van der Waals surface area contributed by atoms with Crippen molar-refractivity contribution in [3.63, 3.8) is 0 Å². The van der Waals surface area contributed by atoms with Crippen LogP contribution in [0.4, 0.5) is 0 Å². The van der Waals surface area contributed by atoms with E-state index >= 15 is 0 Å². The van der Waals surface area contributed by atoms with Crippen LogP contribution in [0.3, 0.4) is 0 Å². The van der Waals surface area contributed by atoms with Crippen LogP contribution in [0.5, 0.6) is 0 Å². The number of aryl methyl sites for hydroxylation is 1. The van der Waals surface area contributed by atoms with Crippen LogP contribution >= 0.6 is 11.3 Å². The van der Waals surface area contributed by atoms with Crippen molar-refractivity contribution < 1.29 is 4.79 Å². The van der Waals surface area contributed by atoms with Gasteiger partial charge in [-0.3, -0.25) is 4.79 Å². The van der Waals surface area contributed by atoms with E-state index < -0.39 is 0 Å². The van der Waals surface area contributed by atoms with E-state index in [0.717, 1.165) is 32.4 Å². The van der Waals surface area contributed by atoms with Crippen molar-refractivity contribution in [2.45, 2.75) is 45.1 Å². The van der Waals surface area contributed by atoms with Gasteiger partial charge in [-0.2, -0.15) is 0 Å². The molecule has 0 spiro atoms. The molecule has 1 aliphatic heterocycles. The van der Waals surface area contributed by atoms with E-state index in [0.29, 0.717) is 0 Å². The Kier molecular flexibility index (Phi) is 3.63. The van der Waals surface area contributed by atoms with Crippen LogP contribution in [0.1, 0.15) is 49.1 Å². The molecule has 2 atom stereocenters. The highest BCUT2D eigenvalue weighted by Crippen LogP contribution is 2.34. The lowest BCUT2D eigenvalue weighted by Crippen LogP contribution is -2.49. The Balaban J connectivity index is 1.71. The third kappa shape index (κ3) is 2.56. The Morgan fingerprint density at radius 3 is 3.21 bits per heavy atom. The van der Waals surface area contributed by atoms with Gasteiger partial charge in [-0.05, 0) is 62.6 Å². The Hall–Kier alpha value is -0.870. The second-order valence-corrected chi connectivity index (χ2v) is 7.06. The van der Waals surface area contributed by atoms with E-state index in [2.05, 4.69) is 29.0 Å². The zero-order valence-corrected chi connectivity index (χ0v) is 12.3. The van der Waals surface area contributed by atoms with Crippen LogP contribution < -0.4 is 10.6 Å². The molecule has 0 bridgehead atoms. The Bertz CT molecular complexity index is 462. The second-order valence-electron chi connectivity index (χ2n) is 6.06. The van der Waals surface area contributed by atoms with Gasteiger partial charge >= 0.3 is 0 Å². The van der Waals surface area contributed by atoms with Crippen molar-refractivity contribution in [1.29, 1.82) is 0 Å². The highest BCUT2D eigenvalue weighted by Gasteiger charge is 2.36. The molecule has 1 amide bonds. The molecule has 3 rings (SSSR count). The molecule has 2 aliphatic rings. The van der Waals surface area contributed by atoms with Crippen LogP contribution in [-0.4, -0.2) is 19.0 Å². The van der Waals surface area contributed by atoms with Gasteiger partial charge in [0.2, 0.25) is 5.91 Å². The molecule has 2 unspecified atom stereocenters. The molecule has 19 heavy (non-hydrogen) atoms. The van der Waals surface area contributed by atoms with Crippen LogP contribution in [0.25, 0.3) is 0 Å². The second kappa shape index (κ2) is 5.25. The van der Waals surface area contributed by atoms with Crippen LogP contribution in [0.15, 0.2) is 11.4 Å². The van der Waals surface area contributed by atoms with Gasteiger partial charge in [-0.15, -0.1) is 11.3 Å². The van der Waals surface area contributed by atoms with Crippen LogP contribution in [0, 0.1) is 5.41 Å². The molecule has 0 radical (unpaired) electrons. The maximum Gasteiger partial charge on any atom is 0.227 e.